The van der Waals surface area contributed by atoms with Crippen molar-refractivity contribution >= 4 is 18.6 Å². The molecule has 264 valence electrons. The predicted molar refractivity (Wildman–Crippen MR) is 208 cm³/mol. The van der Waals surface area contributed by atoms with Gasteiger partial charge in [-0.3, -0.25) is 9.59 Å². The number of aliphatic carboxylic acids is 1. The molecule has 0 rings (SSSR count). The zero-order valence-electron chi connectivity index (χ0n) is 25.5. The topological polar surface area (TPSA) is 109 Å². The molecule has 0 amide bonds. The SMILES string of the molecule is C.C#CC#CC#CC#CC#CC#CC#CC#CC.CCCCCCCCCCCCCCCCCC(=O)O.O=C=O.O=CO.[HH].[HH].[HH].[HH].[HH].[HH].[HH].[HH].[HH].[HH].[HH].[HH].[HH].[HH].[HH]. The number of rotatable bonds is 16. The first kappa shape index (κ1) is 48.5. The molecule has 0 aromatic heterocycles. The van der Waals surface area contributed by atoms with Gasteiger partial charge in [-0.15, -0.1) is 6.42 Å². The molecular weight excluding hydrogens is 552 g/mol. The Morgan fingerprint density at radius 3 is 1.11 bits per heavy atom. The molecule has 44 heavy (non-hydrogen) atoms. The summed E-state index contributed by atoms with van der Waals surface area (Å²) in [5.74, 6) is 36.3. The normalized spacial score (nSPS) is 6.84. The highest BCUT2D eigenvalue weighted by atomic mass is 16.4. The molecular formula is C38H76O6. The van der Waals surface area contributed by atoms with Gasteiger partial charge >= 0.3 is 12.1 Å². The van der Waals surface area contributed by atoms with Crippen LogP contribution < -0.4 is 0 Å². The quantitative estimate of drug-likeness (QED) is 0.1000. The van der Waals surface area contributed by atoms with Crippen molar-refractivity contribution in [3.05, 3.63) is 0 Å². The molecule has 0 aromatic carbocycles. The van der Waals surface area contributed by atoms with Crippen LogP contribution in [0.15, 0.2) is 0 Å². The van der Waals surface area contributed by atoms with Crippen LogP contribution >= 0.6 is 0 Å². The molecule has 0 spiro atoms. The Bertz CT molecular complexity index is 1280. The van der Waals surface area contributed by atoms with Crippen molar-refractivity contribution in [2.24, 2.45) is 0 Å². The van der Waals surface area contributed by atoms with Crippen LogP contribution in [0.3, 0.4) is 0 Å². The average molecular weight is 629 g/mol. The first-order valence-electron chi connectivity index (χ1n) is 14.2. The van der Waals surface area contributed by atoms with E-state index < -0.39 is 5.97 Å². The van der Waals surface area contributed by atoms with E-state index in [1.54, 1.807) is 6.92 Å². The number of terminal acetylenes is 1. The standard InChI is InChI=1S/C18H36O2.C17H4.CH2O2.CO2.CH4.15H2/c1-2-3-4-5-6-7-8-9-10-11-12-13-14-15-16-17-18(19)20;1-3-5-7-9-11-13-15-17-16-14-12-10-8-6-4-2;2*2-1-3;;;;;;;;;;;;;;;;/h2-17H2,1H3,(H,19,20);1H,2H3;1H,(H,2,3);;1H4;15*1H. The van der Waals surface area contributed by atoms with Crippen LogP contribution in [0.25, 0.3) is 0 Å². The van der Waals surface area contributed by atoms with Crippen molar-refractivity contribution in [3.63, 3.8) is 0 Å². The zero-order valence-corrected chi connectivity index (χ0v) is 25.5. The number of hydrogen-bond acceptors (Lipinski definition) is 4. The minimum absolute atomic E-state index is 0. The van der Waals surface area contributed by atoms with E-state index in [4.69, 9.17) is 31.0 Å². The summed E-state index contributed by atoms with van der Waals surface area (Å²) in [7, 11) is 0. The third-order valence-corrected chi connectivity index (χ3v) is 4.94. The van der Waals surface area contributed by atoms with Gasteiger partial charge in [0, 0.05) is 27.8 Å². The molecule has 0 aliphatic rings. The highest BCUT2D eigenvalue weighted by molar-refractivity contribution is 5.66. The van der Waals surface area contributed by atoms with Gasteiger partial charge in [0.25, 0.3) is 6.47 Å². The fourth-order valence-electron chi connectivity index (χ4n) is 3.09. The van der Waals surface area contributed by atoms with E-state index in [1.165, 1.54) is 83.5 Å². The zero-order chi connectivity index (χ0) is 32.9. The molecule has 0 aliphatic carbocycles. The van der Waals surface area contributed by atoms with Crippen LogP contribution in [0.4, 0.5) is 0 Å². The fourth-order valence-corrected chi connectivity index (χ4v) is 3.09. The number of carboxylic acids is 1. The van der Waals surface area contributed by atoms with Gasteiger partial charge in [-0.05, 0) is 96.2 Å². The van der Waals surface area contributed by atoms with Crippen molar-refractivity contribution < 1.29 is 50.8 Å². The summed E-state index contributed by atoms with van der Waals surface area (Å²) in [5, 5.41) is 15.4. The van der Waals surface area contributed by atoms with Gasteiger partial charge in [0.2, 0.25) is 0 Å². The second kappa shape index (κ2) is 54.0. The molecule has 0 atom stereocenters. The summed E-state index contributed by atoms with van der Waals surface area (Å²) in [6.45, 7) is 3.72. The molecule has 6 nitrogen and oxygen atoms in total. The first-order valence-corrected chi connectivity index (χ1v) is 14.2. The lowest BCUT2D eigenvalue weighted by Gasteiger charge is -2.03. The third-order valence-electron chi connectivity index (χ3n) is 4.94. The van der Waals surface area contributed by atoms with E-state index >= 15 is 0 Å². The molecule has 0 fully saturated rings. The maximum atomic E-state index is 10.3. The first-order chi connectivity index (χ1) is 21.0. The maximum absolute atomic E-state index is 10.3. The van der Waals surface area contributed by atoms with E-state index in [-0.39, 0.29) is 41.4 Å². The van der Waals surface area contributed by atoms with E-state index in [0.717, 1.165) is 12.8 Å². The molecule has 0 aliphatic heterocycles. The number of unbranched alkanes of at least 4 members (excludes halogenated alkanes) is 14. The highest BCUT2D eigenvalue weighted by Crippen LogP contribution is 2.13. The summed E-state index contributed by atoms with van der Waals surface area (Å²) in [4.78, 5) is 34.9. The molecule has 0 saturated carbocycles. The summed E-state index contributed by atoms with van der Waals surface area (Å²) < 4.78 is 0. The summed E-state index contributed by atoms with van der Waals surface area (Å²) in [6.07, 6.45) is 25.3. The van der Waals surface area contributed by atoms with Crippen molar-refractivity contribution in [1.82, 2.24) is 0 Å². The minimum atomic E-state index is -0.653. The van der Waals surface area contributed by atoms with E-state index in [9.17, 15) is 4.79 Å². The van der Waals surface area contributed by atoms with Gasteiger partial charge in [-0.2, -0.15) is 9.59 Å². The Hall–Kier alpha value is -5.20. The van der Waals surface area contributed by atoms with Crippen molar-refractivity contribution in [2.45, 2.75) is 124 Å². The van der Waals surface area contributed by atoms with Gasteiger partial charge in [0.15, 0.2) is 0 Å². The monoisotopic (exact) mass is 629 g/mol. The van der Waals surface area contributed by atoms with Gasteiger partial charge < -0.3 is 10.2 Å². The highest BCUT2D eigenvalue weighted by Gasteiger charge is 1.97. The van der Waals surface area contributed by atoms with E-state index in [1.807, 2.05) is 0 Å². The Morgan fingerprint density at radius 1 is 0.614 bits per heavy atom. The molecule has 0 heterocycles. The van der Waals surface area contributed by atoms with Crippen molar-refractivity contribution in [2.75, 3.05) is 0 Å². The van der Waals surface area contributed by atoms with Crippen LogP contribution in [0.5, 0.6) is 0 Å². The number of carbonyl (C=O) groups excluding carboxylic acids is 2. The Kier molecular flexibility index (Phi) is 59.5. The third kappa shape index (κ3) is 70.9. The van der Waals surface area contributed by atoms with Crippen LogP contribution in [-0.4, -0.2) is 28.8 Å². The fraction of sp³-hybridized carbons (Fsp3) is 0.500. The molecule has 2 N–H and O–H groups in total. The van der Waals surface area contributed by atoms with E-state index in [0.29, 0.717) is 6.42 Å². The maximum Gasteiger partial charge on any atom is 0.373 e. The van der Waals surface area contributed by atoms with Crippen LogP contribution in [-0.2, 0) is 19.2 Å². The second-order valence-corrected chi connectivity index (χ2v) is 8.30. The van der Waals surface area contributed by atoms with Gasteiger partial charge in [0.05, 0.1) is 0 Å². The predicted octanol–water partition coefficient (Wildman–Crippen LogP) is 10.4. The van der Waals surface area contributed by atoms with Gasteiger partial charge in [0.1, 0.15) is 0 Å². The molecule has 0 bridgehead atoms. The summed E-state index contributed by atoms with van der Waals surface area (Å²) >= 11 is 0. The van der Waals surface area contributed by atoms with E-state index in [2.05, 4.69) is 95.7 Å². The summed E-state index contributed by atoms with van der Waals surface area (Å²) in [6, 6.07) is 0. The Morgan fingerprint density at radius 2 is 0.864 bits per heavy atom. The molecule has 0 unspecified atom stereocenters. The number of carbonyl (C=O) groups is 2. The average Bonchev–Trinajstić information content (AvgIpc) is 2.98. The lowest BCUT2D eigenvalue weighted by molar-refractivity contribution is -0.191. The largest absolute Gasteiger partial charge is 0.483 e. The molecule has 0 aromatic rings. The Balaban J connectivity index is -0.0000000204. The van der Waals surface area contributed by atoms with Crippen LogP contribution in [0, 0.1) is 95.2 Å². The number of hydrogen-bond donors (Lipinski definition) is 2. The van der Waals surface area contributed by atoms with Crippen molar-refractivity contribution in [1.29, 1.82) is 0 Å². The van der Waals surface area contributed by atoms with Crippen molar-refractivity contribution in [3.8, 4) is 95.2 Å². The van der Waals surface area contributed by atoms with Gasteiger partial charge in [-0.1, -0.05) is 110 Å². The lowest BCUT2D eigenvalue weighted by atomic mass is 10.0. The van der Waals surface area contributed by atoms with Crippen LogP contribution in [0.2, 0.25) is 0 Å². The second-order valence-electron chi connectivity index (χ2n) is 8.30. The molecule has 6 heteroatoms. The Labute approximate surface area is 289 Å². The van der Waals surface area contributed by atoms with Gasteiger partial charge in [-0.25, -0.2) is 0 Å². The lowest BCUT2D eigenvalue weighted by Crippen LogP contribution is -1.93. The molecule has 0 saturated heterocycles. The summed E-state index contributed by atoms with van der Waals surface area (Å²) in [5.41, 5.74) is 0. The van der Waals surface area contributed by atoms with Crippen LogP contribution in [0.1, 0.15) is 145 Å². The minimum Gasteiger partial charge on any atom is -0.483 e. The number of carboxylic acid groups (broad SMARTS) is 2. The molecule has 0 radical (unpaired) electrons. The smallest absolute Gasteiger partial charge is 0.373 e.